The van der Waals surface area contributed by atoms with E-state index in [1.807, 2.05) is 0 Å². The van der Waals surface area contributed by atoms with Crippen LogP contribution in [0.5, 0.6) is 5.75 Å². The van der Waals surface area contributed by atoms with Gasteiger partial charge in [-0.1, -0.05) is 6.07 Å². The van der Waals surface area contributed by atoms with Crippen LogP contribution in [0, 0.1) is 10.1 Å². The Morgan fingerprint density at radius 3 is 2.63 bits per heavy atom. The maximum atomic E-state index is 12.9. The molecule has 1 aliphatic heterocycles. The Morgan fingerprint density at radius 2 is 1.96 bits per heavy atom. The predicted molar refractivity (Wildman–Crippen MR) is 103 cm³/mol. The largest absolute Gasteiger partial charge is 0.497 e. The summed E-state index contributed by atoms with van der Waals surface area (Å²) in [5.41, 5.74) is 1.48. The number of anilines is 2. The first kappa shape index (κ1) is 18.7. The van der Waals surface area contributed by atoms with Crippen LogP contribution in [0.4, 0.5) is 17.1 Å². The second-order valence-electron chi connectivity index (χ2n) is 6.59. The molecule has 1 amide bonds. The molecule has 0 aromatic heterocycles. The molecule has 1 aliphatic rings. The zero-order valence-corrected chi connectivity index (χ0v) is 15.4. The number of carbonyl (C=O) groups is 1. The molecule has 1 heterocycles. The predicted octanol–water partition coefficient (Wildman–Crippen LogP) is 1.19. The highest BCUT2D eigenvalue weighted by molar-refractivity contribution is 6.08. The monoisotopic (exact) mass is 371 g/mol. The molecular formula is C19H23N4O4+. The van der Waals surface area contributed by atoms with E-state index in [2.05, 4.69) is 17.3 Å². The summed E-state index contributed by atoms with van der Waals surface area (Å²) >= 11 is 0. The molecule has 0 unspecified atom stereocenters. The highest BCUT2D eigenvalue weighted by Crippen LogP contribution is 2.27. The molecule has 3 rings (SSSR count). The molecular weight excluding hydrogens is 348 g/mol. The molecule has 8 nitrogen and oxygen atoms in total. The molecule has 1 fully saturated rings. The number of rotatable bonds is 5. The summed E-state index contributed by atoms with van der Waals surface area (Å²) in [5, 5.41) is 14.0. The number of nitrogens with one attached hydrogen (secondary N) is 2. The van der Waals surface area contributed by atoms with Gasteiger partial charge in [0.2, 0.25) is 0 Å². The van der Waals surface area contributed by atoms with E-state index in [4.69, 9.17) is 4.74 Å². The smallest absolute Gasteiger partial charge is 0.270 e. The van der Waals surface area contributed by atoms with E-state index < -0.39 is 4.92 Å². The summed E-state index contributed by atoms with van der Waals surface area (Å²) in [6.45, 7) is 3.49. The number of benzene rings is 2. The minimum atomic E-state index is -0.486. The van der Waals surface area contributed by atoms with Crippen LogP contribution in [-0.4, -0.2) is 51.2 Å². The third kappa shape index (κ3) is 4.35. The van der Waals surface area contributed by atoms with Crippen LogP contribution in [0.15, 0.2) is 42.5 Å². The van der Waals surface area contributed by atoms with Crippen molar-refractivity contribution in [2.45, 2.75) is 0 Å². The number of nitro benzene ring substituents is 1. The van der Waals surface area contributed by atoms with Gasteiger partial charge in [-0.25, -0.2) is 0 Å². The Bertz CT molecular complexity index is 847. The number of hydrogen-bond donors (Lipinski definition) is 2. The molecule has 1 saturated heterocycles. The van der Waals surface area contributed by atoms with Crippen molar-refractivity contribution in [3.8, 4) is 5.75 Å². The number of likely N-dealkylation sites (N-methyl/N-ethyl adjacent to an activating group) is 1. The summed E-state index contributed by atoms with van der Waals surface area (Å²) in [7, 11) is 3.68. The first-order valence-corrected chi connectivity index (χ1v) is 8.78. The van der Waals surface area contributed by atoms with E-state index in [0.29, 0.717) is 22.7 Å². The minimum Gasteiger partial charge on any atom is -0.497 e. The summed E-state index contributed by atoms with van der Waals surface area (Å²) in [4.78, 5) is 27.1. The first-order chi connectivity index (χ1) is 13.0. The second kappa shape index (κ2) is 8.05. The second-order valence-corrected chi connectivity index (χ2v) is 6.59. The van der Waals surface area contributed by atoms with Crippen molar-refractivity contribution in [1.82, 2.24) is 0 Å². The number of carbonyl (C=O) groups excluding carboxylic acids is 1. The van der Waals surface area contributed by atoms with Crippen LogP contribution < -0.4 is 19.9 Å². The number of quaternary nitrogens is 1. The molecule has 0 radical (unpaired) electrons. The van der Waals surface area contributed by atoms with Gasteiger partial charge >= 0.3 is 0 Å². The summed E-state index contributed by atoms with van der Waals surface area (Å²) in [5.74, 6) is 0.238. The fourth-order valence-corrected chi connectivity index (χ4v) is 3.12. The van der Waals surface area contributed by atoms with Crippen molar-refractivity contribution in [3.63, 3.8) is 0 Å². The highest BCUT2D eigenvalue weighted by atomic mass is 16.6. The van der Waals surface area contributed by atoms with Crippen molar-refractivity contribution < 1.29 is 19.4 Å². The standard InChI is InChI=1S/C19H22N4O4/c1-21-8-10-22(11-9-21)18-7-6-15(23(25)26)13-17(18)19(24)20-14-4-3-5-16(12-14)27-2/h3-7,12-13H,8-11H2,1-2H3,(H,20,24)/p+1. The van der Waals surface area contributed by atoms with Gasteiger partial charge in [-0.2, -0.15) is 0 Å². The van der Waals surface area contributed by atoms with E-state index in [1.165, 1.54) is 17.0 Å². The van der Waals surface area contributed by atoms with Gasteiger partial charge in [0.05, 0.1) is 56.5 Å². The number of piperazine rings is 1. The molecule has 2 aromatic carbocycles. The van der Waals surface area contributed by atoms with Gasteiger partial charge in [-0.15, -0.1) is 0 Å². The van der Waals surface area contributed by atoms with Gasteiger partial charge in [-0.3, -0.25) is 14.9 Å². The molecule has 0 aliphatic carbocycles. The van der Waals surface area contributed by atoms with E-state index >= 15 is 0 Å². The third-order valence-corrected chi connectivity index (χ3v) is 4.72. The molecule has 27 heavy (non-hydrogen) atoms. The maximum Gasteiger partial charge on any atom is 0.270 e. The summed E-state index contributed by atoms with van der Waals surface area (Å²) < 4.78 is 5.17. The van der Waals surface area contributed by atoms with Gasteiger partial charge in [0, 0.05) is 23.9 Å². The van der Waals surface area contributed by atoms with Gasteiger partial charge in [0.25, 0.3) is 11.6 Å². The van der Waals surface area contributed by atoms with E-state index in [1.54, 1.807) is 37.4 Å². The Hall–Kier alpha value is -3.13. The molecule has 2 N–H and O–H groups in total. The van der Waals surface area contributed by atoms with E-state index in [9.17, 15) is 14.9 Å². The number of amides is 1. The highest BCUT2D eigenvalue weighted by Gasteiger charge is 2.24. The van der Waals surface area contributed by atoms with Crippen molar-refractivity contribution in [3.05, 3.63) is 58.1 Å². The molecule has 0 atom stereocenters. The number of hydrogen-bond acceptors (Lipinski definition) is 5. The molecule has 0 saturated carbocycles. The SMILES string of the molecule is COc1cccc(NC(=O)c2cc([N+](=O)[O-])ccc2N2CC[NH+](C)CC2)c1. The van der Waals surface area contributed by atoms with Crippen molar-refractivity contribution in [1.29, 1.82) is 0 Å². The third-order valence-electron chi connectivity index (χ3n) is 4.72. The first-order valence-electron chi connectivity index (χ1n) is 8.78. The van der Waals surface area contributed by atoms with E-state index in [-0.39, 0.29) is 11.6 Å². The van der Waals surface area contributed by atoms with Gasteiger partial charge < -0.3 is 19.9 Å². The van der Waals surface area contributed by atoms with Crippen molar-refractivity contribution in [2.24, 2.45) is 0 Å². The average molecular weight is 371 g/mol. The Labute approximate surface area is 157 Å². The Balaban J connectivity index is 1.91. The molecule has 142 valence electrons. The zero-order chi connectivity index (χ0) is 19.4. The van der Waals surface area contributed by atoms with Crippen LogP contribution in [0.1, 0.15) is 10.4 Å². The van der Waals surface area contributed by atoms with Crippen LogP contribution in [0.3, 0.4) is 0 Å². The van der Waals surface area contributed by atoms with Crippen molar-refractivity contribution >= 4 is 23.0 Å². The molecule has 2 aromatic rings. The van der Waals surface area contributed by atoms with Gasteiger partial charge in [0.15, 0.2) is 0 Å². The minimum absolute atomic E-state index is 0.103. The molecule has 8 heteroatoms. The van der Waals surface area contributed by atoms with Crippen LogP contribution in [0.25, 0.3) is 0 Å². The number of nitro groups is 1. The lowest BCUT2D eigenvalue weighted by Crippen LogP contribution is -3.12. The lowest BCUT2D eigenvalue weighted by atomic mass is 10.1. The molecule has 0 spiro atoms. The maximum absolute atomic E-state index is 12.9. The fraction of sp³-hybridized carbons (Fsp3) is 0.316. The van der Waals surface area contributed by atoms with E-state index in [0.717, 1.165) is 26.2 Å². The lowest BCUT2D eigenvalue weighted by Gasteiger charge is -2.32. The quantitative estimate of drug-likeness (QED) is 0.609. The number of ether oxygens (including phenoxy) is 1. The zero-order valence-electron chi connectivity index (χ0n) is 15.4. The Kier molecular flexibility index (Phi) is 5.56. The van der Waals surface area contributed by atoms with Crippen LogP contribution >= 0.6 is 0 Å². The van der Waals surface area contributed by atoms with Gasteiger partial charge in [-0.05, 0) is 18.2 Å². The van der Waals surface area contributed by atoms with Crippen LogP contribution in [-0.2, 0) is 0 Å². The van der Waals surface area contributed by atoms with Crippen LogP contribution in [0.2, 0.25) is 0 Å². The normalized spacial score (nSPS) is 14.7. The average Bonchev–Trinajstić information content (AvgIpc) is 2.68. The number of methoxy groups -OCH3 is 1. The van der Waals surface area contributed by atoms with Crippen molar-refractivity contribution in [2.75, 3.05) is 50.6 Å². The summed E-state index contributed by atoms with van der Waals surface area (Å²) in [6.07, 6.45) is 0. The summed E-state index contributed by atoms with van der Waals surface area (Å²) in [6, 6.07) is 11.5. The lowest BCUT2D eigenvalue weighted by molar-refractivity contribution is -0.880. The number of nitrogens with zero attached hydrogens (tertiary/aromatic N) is 2. The molecule has 0 bridgehead atoms. The number of non-ortho nitro benzene ring substituents is 1. The Morgan fingerprint density at radius 1 is 1.22 bits per heavy atom. The topological polar surface area (TPSA) is 89.1 Å². The fourth-order valence-electron chi connectivity index (χ4n) is 3.12. The van der Waals surface area contributed by atoms with Gasteiger partial charge in [0.1, 0.15) is 5.75 Å².